The molecule has 0 radical (unpaired) electrons. The van der Waals surface area contributed by atoms with Crippen molar-refractivity contribution in [2.24, 2.45) is 17.0 Å². The molecular weight excluding hydrogens is 324 g/mol. The third-order valence-electron chi connectivity index (χ3n) is 3.94. The first-order chi connectivity index (χ1) is 10.8. The summed E-state index contributed by atoms with van der Waals surface area (Å²) in [6.45, 7) is 0. The predicted octanol–water partition coefficient (Wildman–Crippen LogP) is -0.0733. The van der Waals surface area contributed by atoms with Crippen molar-refractivity contribution in [1.29, 1.82) is 0 Å². The van der Waals surface area contributed by atoms with Crippen LogP contribution in [0.5, 0.6) is 0 Å². The van der Waals surface area contributed by atoms with Gasteiger partial charge in [-0.3, -0.25) is 9.59 Å². The standard InChI is InChI=1S/C14H14N2O6S/c15-23(20,21)8-3-1-7(2-4-8)16-13(17)11-9-5-6-10(22-9)12(11)14(18)19/h1-6,9-12H,(H,16,17)(H,18,19)(H2,15,20,21)/t9-,10-,11+,12-/m1/s1. The summed E-state index contributed by atoms with van der Waals surface area (Å²) in [5, 5.41) is 16.8. The smallest absolute Gasteiger partial charge is 0.310 e. The highest BCUT2D eigenvalue weighted by Gasteiger charge is 2.53. The van der Waals surface area contributed by atoms with Crippen LogP contribution in [0.1, 0.15) is 0 Å². The Labute approximate surface area is 132 Å². The number of carbonyl (C=O) groups is 2. The maximum absolute atomic E-state index is 12.4. The summed E-state index contributed by atoms with van der Waals surface area (Å²) in [4.78, 5) is 23.6. The molecule has 2 bridgehead atoms. The lowest BCUT2D eigenvalue weighted by Crippen LogP contribution is -2.39. The molecule has 0 spiro atoms. The molecular formula is C14H14N2O6S. The SMILES string of the molecule is NS(=O)(=O)c1ccc(NC(=O)[C@@H]2[C@H](C(=O)O)[C@H]3C=C[C@H]2O3)cc1. The van der Waals surface area contributed by atoms with Crippen molar-refractivity contribution in [3.63, 3.8) is 0 Å². The van der Waals surface area contributed by atoms with Crippen molar-refractivity contribution in [2.75, 3.05) is 5.32 Å². The van der Waals surface area contributed by atoms with Gasteiger partial charge in [0.1, 0.15) is 5.92 Å². The number of hydrogen-bond donors (Lipinski definition) is 3. The number of nitrogens with two attached hydrogens (primary N) is 1. The van der Waals surface area contributed by atoms with E-state index in [2.05, 4.69) is 5.32 Å². The second-order valence-corrected chi connectivity index (χ2v) is 6.96. The molecule has 0 unspecified atom stereocenters. The quantitative estimate of drug-likeness (QED) is 0.657. The Kier molecular flexibility index (Phi) is 3.71. The van der Waals surface area contributed by atoms with E-state index in [0.717, 1.165) is 0 Å². The van der Waals surface area contributed by atoms with Crippen molar-refractivity contribution in [2.45, 2.75) is 17.1 Å². The van der Waals surface area contributed by atoms with E-state index >= 15 is 0 Å². The maximum atomic E-state index is 12.4. The van der Waals surface area contributed by atoms with Gasteiger partial charge in [0.05, 0.1) is 23.0 Å². The van der Waals surface area contributed by atoms with Gasteiger partial charge in [0, 0.05) is 5.69 Å². The van der Waals surface area contributed by atoms with Crippen molar-refractivity contribution in [3.05, 3.63) is 36.4 Å². The van der Waals surface area contributed by atoms with Gasteiger partial charge in [-0.1, -0.05) is 12.2 Å². The summed E-state index contributed by atoms with van der Waals surface area (Å²) in [5.41, 5.74) is 0.346. The first kappa shape index (κ1) is 15.7. The molecule has 8 nitrogen and oxygen atoms in total. The molecule has 1 amide bonds. The zero-order valence-corrected chi connectivity index (χ0v) is 12.6. The maximum Gasteiger partial charge on any atom is 0.310 e. The number of primary sulfonamides is 1. The number of rotatable bonds is 4. The van der Waals surface area contributed by atoms with Crippen LogP contribution in [-0.2, 0) is 24.3 Å². The van der Waals surface area contributed by atoms with Crippen LogP contribution in [0.2, 0.25) is 0 Å². The van der Waals surface area contributed by atoms with Gasteiger partial charge in [-0.15, -0.1) is 0 Å². The number of sulfonamides is 1. The molecule has 2 aliphatic rings. The molecule has 122 valence electrons. The van der Waals surface area contributed by atoms with Crippen LogP contribution in [0.25, 0.3) is 0 Å². The molecule has 4 N–H and O–H groups in total. The highest BCUT2D eigenvalue weighted by Crippen LogP contribution is 2.39. The molecule has 1 aromatic rings. The molecule has 23 heavy (non-hydrogen) atoms. The molecule has 3 rings (SSSR count). The van der Waals surface area contributed by atoms with Crippen molar-refractivity contribution in [1.82, 2.24) is 0 Å². The van der Waals surface area contributed by atoms with Crippen molar-refractivity contribution >= 4 is 27.6 Å². The van der Waals surface area contributed by atoms with Gasteiger partial charge in [0.25, 0.3) is 0 Å². The van der Waals surface area contributed by atoms with Crippen LogP contribution < -0.4 is 10.5 Å². The number of carbonyl (C=O) groups excluding carboxylic acids is 1. The lowest BCUT2D eigenvalue weighted by molar-refractivity contribution is -0.145. The number of nitrogens with one attached hydrogen (secondary N) is 1. The molecule has 0 aliphatic carbocycles. The fourth-order valence-corrected chi connectivity index (χ4v) is 3.38. The molecule has 2 heterocycles. The topological polar surface area (TPSA) is 136 Å². The number of carboxylic acids is 1. The van der Waals surface area contributed by atoms with Crippen LogP contribution in [0.15, 0.2) is 41.3 Å². The number of benzene rings is 1. The minimum Gasteiger partial charge on any atom is -0.481 e. The normalized spacial score (nSPS) is 28.7. The average molecular weight is 338 g/mol. The van der Waals surface area contributed by atoms with Crippen molar-refractivity contribution < 1.29 is 27.9 Å². The first-order valence-corrected chi connectivity index (χ1v) is 8.32. The summed E-state index contributed by atoms with van der Waals surface area (Å²) in [6, 6.07) is 5.29. The van der Waals surface area contributed by atoms with Crippen LogP contribution >= 0.6 is 0 Å². The Morgan fingerprint density at radius 2 is 1.65 bits per heavy atom. The van der Waals surface area contributed by atoms with Crippen LogP contribution in [0.3, 0.4) is 0 Å². The number of fused-ring (bicyclic) bond motifs is 2. The summed E-state index contributed by atoms with van der Waals surface area (Å²) >= 11 is 0. The Hall–Kier alpha value is -2.23. The molecule has 1 saturated heterocycles. The van der Waals surface area contributed by atoms with Crippen LogP contribution in [0, 0.1) is 11.8 Å². The minimum absolute atomic E-state index is 0.0786. The Balaban J connectivity index is 1.77. The number of aliphatic carboxylic acids is 1. The number of amides is 1. The van der Waals surface area contributed by atoms with E-state index in [1.54, 1.807) is 12.2 Å². The fraction of sp³-hybridized carbons (Fsp3) is 0.286. The van der Waals surface area contributed by atoms with E-state index in [0.29, 0.717) is 5.69 Å². The van der Waals surface area contributed by atoms with E-state index < -0.39 is 45.9 Å². The number of anilines is 1. The third-order valence-corrected chi connectivity index (χ3v) is 4.87. The summed E-state index contributed by atoms with van der Waals surface area (Å²) < 4.78 is 27.8. The monoisotopic (exact) mass is 338 g/mol. The molecule has 1 aromatic carbocycles. The minimum atomic E-state index is -3.81. The summed E-state index contributed by atoms with van der Waals surface area (Å²) in [5.74, 6) is -3.35. The van der Waals surface area contributed by atoms with E-state index in [9.17, 15) is 23.1 Å². The van der Waals surface area contributed by atoms with E-state index in [-0.39, 0.29) is 4.90 Å². The van der Waals surface area contributed by atoms with Gasteiger partial charge < -0.3 is 15.2 Å². The third kappa shape index (κ3) is 2.85. The van der Waals surface area contributed by atoms with E-state index in [4.69, 9.17) is 9.88 Å². The molecule has 0 aromatic heterocycles. The second-order valence-electron chi connectivity index (χ2n) is 5.40. The van der Waals surface area contributed by atoms with Crippen molar-refractivity contribution in [3.8, 4) is 0 Å². The van der Waals surface area contributed by atoms with E-state index in [1.165, 1.54) is 24.3 Å². The Morgan fingerprint density at radius 3 is 2.17 bits per heavy atom. The summed E-state index contributed by atoms with van der Waals surface area (Å²) in [7, 11) is -3.81. The zero-order valence-electron chi connectivity index (χ0n) is 11.7. The van der Waals surface area contributed by atoms with Gasteiger partial charge >= 0.3 is 5.97 Å². The second kappa shape index (κ2) is 5.44. The fourth-order valence-electron chi connectivity index (χ4n) is 2.87. The highest BCUT2D eigenvalue weighted by atomic mass is 32.2. The molecule has 2 aliphatic heterocycles. The Morgan fingerprint density at radius 1 is 1.09 bits per heavy atom. The highest BCUT2D eigenvalue weighted by molar-refractivity contribution is 7.89. The average Bonchev–Trinajstić information content (AvgIpc) is 3.07. The van der Waals surface area contributed by atoms with Gasteiger partial charge in [-0.05, 0) is 24.3 Å². The number of carboxylic acid groups (broad SMARTS) is 1. The molecule has 0 saturated carbocycles. The first-order valence-electron chi connectivity index (χ1n) is 6.78. The number of hydrogen-bond acceptors (Lipinski definition) is 5. The van der Waals surface area contributed by atoms with Crippen LogP contribution in [0.4, 0.5) is 5.69 Å². The van der Waals surface area contributed by atoms with Gasteiger partial charge in [0.15, 0.2) is 0 Å². The molecule has 9 heteroatoms. The lowest BCUT2D eigenvalue weighted by atomic mass is 9.82. The van der Waals surface area contributed by atoms with E-state index in [1.807, 2.05) is 0 Å². The van der Waals surface area contributed by atoms with Gasteiger partial charge in [0.2, 0.25) is 15.9 Å². The largest absolute Gasteiger partial charge is 0.481 e. The summed E-state index contributed by atoms with van der Waals surface area (Å²) in [6.07, 6.45) is 2.16. The molecule has 4 atom stereocenters. The van der Waals surface area contributed by atoms with Crippen LogP contribution in [-0.4, -0.2) is 37.6 Å². The van der Waals surface area contributed by atoms with Gasteiger partial charge in [-0.25, -0.2) is 13.6 Å². The van der Waals surface area contributed by atoms with Gasteiger partial charge in [-0.2, -0.15) is 0 Å². The number of ether oxygens (including phenoxy) is 1. The Bertz CT molecular complexity index is 786. The lowest BCUT2D eigenvalue weighted by Gasteiger charge is -2.21. The predicted molar refractivity (Wildman–Crippen MR) is 78.9 cm³/mol. The zero-order chi connectivity index (χ0) is 16.8. The molecule has 1 fully saturated rings.